The largest absolute Gasteiger partial charge is 0.351 e. The highest BCUT2D eigenvalue weighted by molar-refractivity contribution is 7.98. The molecule has 0 aromatic heterocycles. The number of carbonyl (C=O) groups is 2. The second-order valence-corrected chi connectivity index (χ2v) is 8.26. The molecule has 0 fully saturated rings. The third kappa shape index (κ3) is 6.10. The van der Waals surface area contributed by atoms with Crippen molar-refractivity contribution in [2.45, 2.75) is 11.3 Å². The molecule has 0 spiro atoms. The van der Waals surface area contributed by atoms with E-state index in [-0.39, 0.29) is 11.8 Å². The Balaban J connectivity index is 1.77. The van der Waals surface area contributed by atoms with Crippen molar-refractivity contribution >= 4 is 46.8 Å². The molecule has 1 aliphatic carbocycles. The van der Waals surface area contributed by atoms with Crippen LogP contribution in [0.3, 0.4) is 0 Å². The van der Waals surface area contributed by atoms with Gasteiger partial charge in [0.15, 0.2) is 0 Å². The number of hydroxylamine groups is 1. The van der Waals surface area contributed by atoms with Gasteiger partial charge in [-0.15, -0.1) is 11.8 Å². The van der Waals surface area contributed by atoms with Gasteiger partial charge in [0.25, 0.3) is 11.8 Å². The lowest BCUT2D eigenvalue weighted by atomic mass is 9.96. The van der Waals surface area contributed by atoms with Gasteiger partial charge in [-0.25, -0.2) is 5.48 Å². The smallest absolute Gasteiger partial charge is 0.274 e. The Bertz CT molecular complexity index is 1050. The Kier molecular flexibility index (Phi) is 8.12. The number of rotatable bonds is 7. The summed E-state index contributed by atoms with van der Waals surface area (Å²) in [5.74, 6) is -0.721. The number of amides is 2. The van der Waals surface area contributed by atoms with Crippen LogP contribution >= 0.6 is 23.4 Å². The molecule has 0 saturated heterocycles. The number of hydrogen-bond acceptors (Lipinski definition) is 4. The quantitative estimate of drug-likeness (QED) is 0.186. The Morgan fingerprint density at radius 2 is 1.94 bits per heavy atom. The van der Waals surface area contributed by atoms with Crippen LogP contribution in [-0.4, -0.2) is 29.8 Å². The molecule has 1 unspecified atom stereocenters. The van der Waals surface area contributed by atoms with E-state index in [0.29, 0.717) is 34.7 Å². The number of halogens is 1. The monoisotopic (exact) mass is 454 g/mol. The lowest BCUT2D eigenvalue weighted by Gasteiger charge is -2.17. The molecule has 0 heterocycles. The molecule has 160 valence electrons. The first-order valence-corrected chi connectivity index (χ1v) is 11.3. The second kappa shape index (κ2) is 11.0. The van der Waals surface area contributed by atoms with Crippen molar-refractivity contribution in [2.24, 2.45) is 5.92 Å². The van der Waals surface area contributed by atoms with Crippen molar-refractivity contribution in [3.8, 4) is 0 Å². The molecular formula is C24H23ClN2O3S. The van der Waals surface area contributed by atoms with Crippen molar-refractivity contribution in [3.05, 3.63) is 88.5 Å². The first-order chi connectivity index (χ1) is 15.0. The molecule has 0 radical (unpaired) electrons. The molecule has 0 bridgehead atoms. The molecule has 3 rings (SSSR count). The molecule has 1 atom stereocenters. The third-order valence-corrected chi connectivity index (χ3v) is 5.99. The molecule has 5 nitrogen and oxygen atoms in total. The van der Waals surface area contributed by atoms with Crippen LogP contribution in [0.4, 0.5) is 0 Å². The van der Waals surface area contributed by atoms with Crippen LogP contribution in [0.1, 0.15) is 17.5 Å². The van der Waals surface area contributed by atoms with Gasteiger partial charge in [0.1, 0.15) is 0 Å². The van der Waals surface area contributed by atoms with Crippen LogP contribution in [-0.2, 0) is 9.59 Å². The lowest BCUT2D eigenvalue weighted by Crippen LogP contribution is -2.30. The van der Waals surface area contributed by atoms with Crippen LogP contribution in [0.25, 0.3) is 11.6 Å². The molecular weight excluding hydrogens is 432 g/mol. The van der Waals surface area contributed by atoms with Gasteiger partial charge in [0.2, 0.25) is 0 Å². The Hall–Kier alpha value is -2.80. The zero-order valence-corrected chi connectivity index (χ0v) is 18.5. The van der Waals surface area contributed by atoms with Gasteiger partial charge in [-0.3, -0.25) is 14.8 Å². The van der Waals surface area contributed by atoms with E-state index in [2.05, 4.69) is 5.32 Å². The highest BCUT2D eigenvalue weighted by atomic mass is 35.5. The molecule has 1 aliphatic rings. The number of allylic oxidation sites excluding steroid dienone is 1. The molecule has 0 aliphatic heterocycles. The molecule has 7 heteroatoms. The van der Waals surface area contributed by atoms with E-state index in [1.165, 1.54) is 0 Å². The highest BCUT2D eigenvalue weighted by Gasteiger charge is 2.18. The maximum Gasteiger partial charge on any atom is 0.274 e. The van der Waals surface area contributed by atoms with Crippen LogP contribution in [0, 0.1) is 5.92 Å². The SMILES string of the molecule is CSc1ccc(/C=C(/C(=O)NCC2C=CC(C(=O)NO)=CC2)c2ccccc2Cl)cc1. The maximum absolute atomic E-state index is 13.1. The predicted octanol–water partition coefficient (Wildman–Crippen LogP) is 4.73. The average molecular weight is 455 g/mol. The van der Waals surface area contributed by atoms with E-state index in [1.54, 1.807) is 35.5 Å². The first-order valence-electron chi connectivity index (χ1n) is 9.73. The summed E-state index contributed by atoms with van der Waals surface area (Å²) >= 11 is 8.04. The van der Waals surface area contributed by atoms with Crippen molar-refractivity contribution in [1.29, 1.82) is 0 Å². The van der Waals surface area contributed by atoms with Crippen molar-refractivity contribution in [1.82, 2.24) is 10.8 Å². The van der Waals surface area contributed by atoms with E-state index in [1.807, 2.05) is 60.9 Å². The van der Waals surface area contributed by atoms with E-state index in [4.69, 9.17) is 16.8 Å². The average Bonchev–Trinajstić information content (AvgIpc) is 2.81. The lowest BCUT2D eigenvalue weighted by molar-refractivity contribution is -0.125. The fraction of sp³-hybridized carbons (Fsp3) is 0.167. The summed E-state index contributed by atoms with van der Waals surface area (Å²) in [6.45, 7) is 0.410. The highest BCUT2D eigenvalue weighted by Crippen LogP contribution is 2.27. The Morgan fingerprint density at radius 1 is 1.19 bits per heavy atom. The number of thioether (sulfide) groups is 1. The summed E-state index contributed by atoms with van der Waals surface area (Å²) in [7, 11) is 0. The second-order valence-electron chi connectivity index (χ2n) is 6.98. The first kappa shape index (κ1) is 22.9. The zero-order chi connectivity index (χ0) is 22.2. The summed E-state index contributed by atoms with van der Waals surface area (Å²) in [6.07, 6.45) is 9.67. The van der Waals surface area contributed by atoms with Gasteiger partial charge in [0, 0.05) is 33.2 Å². The molecule has 2 aromatic rings. The zero-order valence-electron chi connectivity index (χ0n) is 17.0. The van der Waals surface area contributed by atoms with Gasteiger partial charge in [0.05, 0.1) is 0 Å². The van der Waals surface area contributed by atoms with E-state index >= 15 is 0 Å². The van der Waals surface area contributed by atoms with Gasteiger partial charge in [-0.1, -0.05) is 60.2 Å². The standard InChI is InChI=1S/C24H23ClN2O3S/c1-31-19-12-8-16(9-13-19)14-21(20-4-2-3-5-22(20)25)24(29)26-15-17-6-10-18(11-7-17)23(28)27-30/h2-6,8-14,17,30H,7,15H2,1H3,(H,26,29)(H,27,28)/b21-14+. The van der Waals surface area contributed by atoms with Crippen LogP contribution in [0.5, 0.6) is 0 Å². The molecule has 31 heavy (non-hydrogen) atoms. The summed E-state index contributed by atoms with van der Waals surface area (Å²) in [5, 5.41) is 12.2. The predicted molar refractivity (Wildman–Crippen MR) is 126 cm³/mol. The van der Waals surface area contributed by atoms with Crippen LogP contribution < -0.4 is 10.8 Å². The Morgan fingerprint density at radius 3 is 2.55 bits per heavy atom. The minimum absolute atomic E-state index is 0.0487. The minimum Gasteiger partial charge on any atom is -0.351 e. The molecule has 3 N–H and O–H groups in total. The summed E-state index contributed by atoms with van der Waals surface area (Å²) in [4.78, 5) is 25.7. The summed E-state index contributed by atoms with van der Waals surface area (Å²) < 4.78 is 0. The summed E-state index contributed by atoms with van der Waals surface area (Å²) in [6, 6.07) is 15.2. The van der Waals surface area contributed by atoms with Gasteiger partial charge in [-0.2, -0.15) is 0 Å². The van der Waals surface area contributed by atoms with Crippen molar-refractivity contribution in [2.75, 3.05) is 12.8 Å². The van der Waals surface area contributed by atoms with Gasteiger partial charge >= 0.3 is 0 Å². The number of benzene rings is 2. The Labute approximate surface area is 190 Å². The van der Waals surface area contributed by atoms with Gasteiger partial charge in [-0.05, 0) is 48.4 Å². The van der Waals surface area contributed by atoms with Crippen molar-refractivity contribution in [3.63, 3.8) is 0 Å². The molecule has 2 aromatic carbocycles. The summed E-state index contributed by atoms with van der Waals surface area (Å²) in [5.41, 5.74) is 4.07. The van der Waals surface area contributed by atoms with Crippen molar-refractivity contribution < 1.29 is 14.8 Å². The number of hydrogen-bond donors (Lipinski definition) is 3. The maximum atomic E-state index is 13.1. The van der Waals surface area contributed by atoms with Crippen LogP contribution in [0.2, 0.25) is 5.02 Å². The fourth-order valence-electron chi connectivity index (χ4n) is 3.18. The van der Waals surface area contributed by atoms with E-state index in [9.17, 15) is 9.59 Å². The fourth-order valence-corrected chi connectivity index (χ4v) is 3.83. The number of nitrogens with one attached hydrogen (secondary N) is 2. The van der Waals surface area contributed by atoms with E-state index in [0.717, 1.165) is 10.5 Å². The third-order valence-electron chi connectivity index (χ3n) is 4.91. The number of carbonyl (C=O) groups excluding carboxylic acids is 2. The van der Waals surface area contributed by atoms with E-state index < -0.39 is 5.91 Å². The normalized spacial score (nSPS) is 15.9. The molecule has 0 saturated carbocycles. The van der Waals surface area contributed by atoms with Gasteiger partial charge < -0.3 is 5.32 Å². The van der Waals surface area contributed by atoms with Crippen LogP contribution in [0.15, 0.2) is 77.2 Å². The minimum atomic E-state index is -0.546. The topological polar surface area (TPSA) is 78.4 Å². The molecule has 2 amide bonds.